The Bertz CT molecular complexity index is 153. The summed E-state index contributed by atoms with van der Waals surface area (Å²) in [5, 5.41) is 0. The number of ether oxygens (including phenoxy) is 2. The smallest absolute Gasteiger partial charge is 0.383 e. The fourth-order valence-corrected chi connectivity index (χ4v) is 1.10. The molecule has 0 amide bonds. The lowest BCUT2D eigenvalue weighted by molar-refractivity contribution is -0.174. The van der Waals surface area contributed by atoms with Gasteiger partial charge in [0.05, 0.1) is 6.61 Å². The monoisotopic (exact) mass is 229 g/mol. The van der Waals surface area contributed by atoms with Gasteiger partial charge in [0.2, 0.25) is 0 Å². The summed E-state index contributed by atoms with van der Waals surface area (Å²) in [7, 11) is 1.56. The number of rotatable bonds is 8. The Balaban J connectivity index is 3.18. The largest absolute Gasteiger partial charge is 0.411 e. The predicted molar refractivity (Wildman–Crippen MR) is 50.6 cm³/mol. The van der Waals surface area contributed by atoms with Crippen LogP contribution in [0.1, 0.15) is 19.3 Å². The molecule has 0 radical (unpaired) electrons. The Morgan fingerprint density at radius 3 is 2.47 bits per heavy atom. The minimum atomic E-state index is -4.23. The average molecular weight is 229 g/mol. The van der Waals surface area contributed by atoms with Crippen molar-refractivity contribution in [3.8, 4) is 0 Å². The number of alkyl halides is 3. The van der Waals surface area contributed by atoms with Crippen LogP contribution >= 0.6 is 0 Å². The van der Waals surface area contributed by atoms with Crippen molar-refractivity contribution in [3.05, 3.63) is 0 Å². The summed E-state index contributed by atoms with van der Waals surface area (Å²) in [4.78, 5) is 0. The highest BCUT2D eigenvalue weighted by Gasteiger charge is 2.27. The van der Waals surface area contributed by atoms with Gasteiger partial charge in [-0.2, -0.15) is 13.2 Å². The van der Waals surface area contributed by atoms with Crippen molar-refractivity contribution in [2.45, 2.75) is 31.5 Å². The third kappa shape index (κ3) is 11.6. The molecule has 0 aromatic carbocycles. The molecule has 0 aliphatic heterocycles. The topological polar surface area (TPSA) is 44.5 Å². The van der Waals surface area contributed by atoms with E-state index in [2.05, 4.69) is 4.74 Å². The zero-order chi connectivity index (χ0) is 11.7. The van der Waals surface area contributed by atoms with Gasteiger partial charge in [0.1, 0.15) is 6.61 Å². The van der Waals surface area contributed by atoms with Gasteiger partial charge in [0.15, 0.2) is 0 Å². The molecule has 0 spiro atoms. The SMILES string of the molecule is COCC(N)CCCCOCC(F)(F)F. The van der Waals surface area contributed by atoms with Gasteiger partial charge in [0, 0.05) is 19.8 Å². The molecule has 92 valence electrons. The van der Waals surface area contributed by atoms with Crippen LogP contribution in [0.2, 0.25) is 0 Å². The second kappa shape index (κ2) is 7.90. The first-order valence-electron chi connectivity index (χ1n) is 4.84. The van der Waals surface area contributed by atoms with Gasteiger partial charge in [-0.15, -0.1) is 0 Å². The minimum Gasteiger partial charge on any atom is -0.383 e. The Kier molecular flexibility index (Phi) is 7.72. The van der Waals surface area contributed by atoms with Gasteiger partial charge in [-0.3, -0.25) is 0 Å². The number of hydrogen-bond acceptors (Lipinski definition) is 3. The highest BCUT2D eigenvalue weighted by Crippen LogP contribution is 2.14. The van der Waals surface area contributed by atoms with Crippen LogP contribution in [0, 0.1) is 0 Å². The van der Waals surface area contributed by atoms with Crippen molar-refractivity contribution in [2.24, 2.45) is 5.73 Å². The first-order chi connectivity index (χ1) is 6.95. The lowest BCUT2D eigenvalue weighted by Gasteiger charge is -2.10. The lowest BCUT2D eigenvalue weighted by atomic mass is 10.1. The third-order valence-electron chi connectivity index (χ3n) is 1.76. The van der Waals surface area contributed by atoms with Gasteiger partial charge >= 0.3 is 6.18 Å². The van der Waals surface area contributed by atoms with E-state index in [4.69, 9.17) is 10.5 Å². The first kappa shape index (κ1) is 14.7. The quantitative estimate of drug-likeness (QED) is 0.644. The second-order valence-electron chi connectivity index (χ2n) is 3.38. The summed E-state index contributed by atoms with van der Waals surface area (Å²) in [5.74, 6) is 0. The minimum absolute atomic E-state index is 0.0439. The zero-order valence-electron chi connectivity index (χ0n) is 8.85. The van der Waals surface area contributed by atoms with Crippen molar-refractivity contribution >= 4 is 0 Å². The molecule has 2 N–H and O–H groups in total. The molecule has 0 saturated heterocycles. The highest BCUT2D eigenvalue weighted by atomic mass is 19.4. The Labute approximate surface area is 87.7 Å². The first-order valence-corrected chi connectivity index (χ1v) is 4.84. The van der Waals surface area contributed by atoms with Crippen LogP contribution in [-0.2, 0) is 9.47 Å². The van der Waals surface area contributed by atoms with E-state index in [9.17, 15) is 13.2 Å². The summed E-state index contributed by atoms with van der Waals surface area (Å²) < 4.78 is 44.2. The van der Waals surface area contributed by atoms with Crippen LogP contribution in [0.15, 0.2) is 0 Å². The number of halogens is 3. The molecule has 0 heterocycles. The summed E-state index contributed by atoms with van der Waals surface area (Å²) in [6, 6.07) is -0.0439. The van der Waals surface area contributed by atoms with E-state index in [-0.39, 0.29) is 12.6 Å². The van der Waals surface area contributed by atoms with Crippen molar-refractivity contribution in [1.29, 1.82) is 0 Å². The maximum Gasteiger partial charge on any atom is 0.411 e. The van der Waals surface area contributed by atoms with E-state index in [1.807, 2.05) is 0 Å². The molecule has 6 heteroatoms. The number of nitrogens with two attached hydrogens (primary N) is 1. The Hall–Kier alpha value is -0.330. The number of methoxy groups -OCH3 is 1. The van der Waals surface area contributed by atoms with E-state index in [1.165, 1.54) is 0 Å². The van der Waals surface area contributed by atoms with Gasteiger partial charge in [-0.25, -0.2) is 0 Å². The molecule has 3 nitrogen and oxygen atoms in total. The lowest BCUT2D eigenvalue weighted by Crippen LogP contribution is -2.25. The van der Waals surface area contributed by atoms with Crippen LogP contribution in [0.5, 0.6) is 0 Å². The normalized spacial score (nSPS) is 14.2. The van der Waals surface area contributed by atoms with E-state index < -0.39 is 12.8 Å². The molecule has 1 unspecified atom stereocenters. The summed E-state index contributed by atoms with van der Waals surface area (Å²) in [6.45, 7) is -0.570. The van der Waals surface area contributed by atoms with Crippen LogP contribution in [-0.4, -0.2) is 39.1 Å². The Morgan fingerprint density at radius 1 is 1.27 bits per heavy atom. The molecule has 0 bridgehead atoms. The molecular weight excluding hydrogens is 211 g/mol. The fraction of sp³-hybridized carbons (Fsp3) is 1.00. The fourth-order valence-electron chi connectivity index (χ4n) is 1.10. The van der Waals surface area contributed by atoms with Crippen molar-refractivity contribution in [1.82, 2.24) is 0 Å². The molecule has 1 atom stereocenters. The molecule has 0 saturated carbocycles. The molecular formula is C9H18F3NO2. The van der Waals surface area contributed by atoms with Crippen LogP contribution < -0.4 is 5.73 Å². The molecule has 0 aliphatic carbocycles. The molecule has 0 rings (SSSR count). The number of unbranched alkanes of at least 4 members (excludes halogenated alkanes) is 1. The summed E-state index contributed by atoms with van der Waals surface area (Å²) >= 11 is 0. The van der Waals surface area contributed by atoms with Crippen LogP contribution in [0.25, 0.3) is 0 Å². The third-order valence-corrected chi connectivity index (χ3v) is 1.76. The maximum atomic E-state index is 11.6. The van der Waals surface area contributed by atoms with E-state index in [1.54, 1.807) is 7.11 Å². The van der Waals surface area contributed by atoms with Gasteiger partial charge in [-0.05, 0) is 19.3 Å². The maximum absolute atomic E-state index is 11.6. The molecule has 0 fully saturated rings. The van der Waals surface area contributed by atoms with Crippen LogP contribution in [0.3, 0.4) is 0 Å². The van der Waals surface area contributed by atoms with Crippen molar-refractivity contribution in [2.75, 3.05) is 26.9 Å². The second-order valence-corrected chi connectivity index (χ2v) is 3.38. The van der Waals surface area contributed by atoms with Crippen molar-refractivity contribution in [3.63, 3.8) is 0 Å². The van der Waals surface area contributed by atoms with Crippen LogP contribution in [0.4, 0.5) is 13.2 Å². The molecule has 0 aliphatic rings. The van der Waals surface area contributed by atoms with Crippen molar-refractivity contribution < 1.29 is 22.6 Å². The van der Waals surface area contributed by atoms with E-state index >= 15 is 0 Å². The summed E-state index contributed by atoms with van der Waals surface area (Å²) in [5.41, 5.74) is 5.62. The average Bonchev–Trinajstić information content (AvgIpc) is 2.09. The zero-order valence-corrected chi connectivity index (χ0v) is 8.85. The van der Waals surface area contributed by atoms with E-state index in [0.717, 1.165) is 12.8 Å². The van der Waals surface area contributed by atoms with Gasteiger partial charge < -0.3 is 15.2 Å². The molecule has 0 aromatic heterocycles. The number of hydrogen-bond donors (Lipinski definition) is 1. The molecule has 0 aromatic rings. The highest BCUT2D eigenvalue weighted by molar-refractivity contribution is 4.59. The molecule has 15 heavy (non-hydrogen) atoms. The predicted octanol–water partition coefficient (Wildman–Crippen LogP) is 1.71. The summed E-state index contributed by atoms with van der Waals surface area (Å²) in [6.07, 6.45) is -2.15. The standard InChI is InChI=1S/C9H18F3NO2/c1-14-6-8(13)4-2-3-5-15-7-9(10,11)12/h8H,2-7,13H2,1H3. The van der Waals surface area contributed by atoms with E-state index in [0.29, 0.717) is 13.0 Å². The van der Waals surface area contributed by atoms with Gasteiger partial charge in [-0.1, -0.05) is 0 Å². The Morgan fingerprint density at radius 2 is 1.93 bits per heavy atom. The van der Waals surface area contributed by atoms with Gasteiger partial charge in [0.25, 0.3) is 0 Å².